The molecule has 4 aromatic rings. The summed E-state index contributed by atoms with van der Waals surface area (Å²) >= 11 is 0. The van der Waals surface area contributed by atoms with Gasteiger partial charge in [-0.3, -0.25) is 4.79 Å². The van der Waals surface area contributed by atoms with E-state index in [1.54, 1.807) is 14.2 Å². The topological polar surface area (TPSA) is 56.8 Å². The molecule has 0 saturated carbocycles. The van der Waals surface area contributed by atoms with Crippen molar-refractivity contribution >= 4 is 22.8 Å². The number of carbonyl (C=O) groups is 1. The molecular formula is C37H33NO4. The second-order valence-electron chi connectivity index (χ2n) is 11.1. The number of allylic oxidation sites excluding steroid dienone is 2. The van der Waals surface area contributed by atoms with E-state index in [1.807, 2.05) is 12.1 Å². The third kappa shape index (κ3) is 4.11. The number of benzene rings is 4. The summed E-state index contributed by atoms with van der Waals surface area (Å²) < 4.78 is 18.9. The molecule has 1 N–H and O–H groups in total. The van der Waals surface area contributed by atoms with Crippen molar-refractivity contribution < 1.29 is 19.0 Å². The van der Waals surface area contributed by atoms with Gasteiger partial charge in [-0.25, -0.2) is 0 Å². The minimum absolute atomic E-state index is 0.0115. The summed E-state index contributed by atoms with van der Waals surface area (Å²) in [5.41, 5.74) is 7.18. The van der Waals surface area contributed by atoms with E-state index >= 15 is 0 Å². The Morgan fingerprint density at radius 2 is 1.67 bits per heavy atom. The van der Waals surface area contributed by atoms with Crippen molar-refractivity contribution in [3.05, 3.63) is 119 Å². The zero-order valence-corrected chi connectivity index (χ0v) is 24.1. The Labute approximate surface area is 246 Å². The normalized spacial score (nSPS) is 20.1. The van der Waals surface area contributed by atoms with Crippen LogP contribution in [-0.4, -0.2) is 20.1 Å². The monoisotopic (exact) mass is 555 g/mol. The van der Waals surface area contributed by atoms with Crippen LogP contribution in [0, 0.1) is 5.92 Å². The number of carbonyl (C=O) groups excluding carboxylic acids is 1. The molecule has 4 aromatic carbocycles. The molecule has 210 valence electrons. The van der Waals surface area contributed by atoms with Gasteiger partial charge in [0, 0.05) is 29.7 Å². The van der Waals surface area contributed by atoms with Gasteiger partial charge in [0.05, 0.1) is 14.2 Å². The van der Waals surface area contributed by atoms with Crippen LogP contribution in [0.3, 0.4) is 0 Å². The molecule has 0 aromatic heterocycles. The predicted octanol–water partition coefficient (Wildman–Crippen LogP) is 7.52. The lowest BCUT2D eigenvalue weighted by molar-refractivity contribution is -0.118. The van der Waals surface area contributed by atoms with Gasteiger partial charge in [0.15, 0.2) is 17.1 Å². The Kier molecular flexibility index (Phi) is 6.38. The molecule has 1 aliphatic heterocycles. The Hall–Kier alpha value is -4.77. The van der Waals surface area contributed by atoms with Crippen molar-refractivity contribution in [3.8, 4) is 28.4 Å². The molecule has 3 aliphatic rings. The fourth-order valence-electron chi connectivity index (χ4n) is 6.85. The second-order valence-corrected chi connectivity index (χ2v) is 11.1. The molecule has 5 nitrogen and oxygen atoms in total. The third-order valence-corrected chi connectivity index (χ3v) is 8.81. The van der Waals surface area contributed by atoms with E-state index in [4.69, 9.17) is 14.2 Å². The van der Waals surface area contributed by atoms with E-state index in [1.165, 1.54) is 23.6 Å². The summed E-state index contributed by atoms with van der Waals surface area (Å²) in [5, 5.41) is 5.17. The summed E-state index contributed by atoms with van der Waals surface area (Å²) in [6, 6.07) is 23.3. The van der Waals surface area contributed by atoms with Crippen molar-refractivity contribution in [2.24, 2.45) is 5.92 Å². The van der Waals surface area contributed by atoms with Crippen molar-refractivity contribution in [2.75, 3.05) is 14.2 Å². The first-order valence-corrected chi connectivity index (χ1v) is 14.4. The van der Waals surface area contributed by atoms with Crippen LogP contribution in [0.25, 0.3) is 28.0 Å². The highest BCUT2D eigenvalue weighted by atomic mass is 16.5. The Bertz CT molecular complexity index is 1820. The standard InChI is InChI=1S/C37H33NO4/c1-23(39)38-27-16-14-26(15-17-27)37(25-10-5-4-6-11-25)20-19-30-32-22-34(41-3)33(40-2)21-31(32)29-18-13-24-9-7-8-12-28(24)35(29)36(30)42-37/h4-12,14,16-17,19-22,26H,13,15,18H2,1-3H3,(H,38,39). The maximum atomic E-state index is 11.7. The number of hydrogen-bond acceptors (Lipinski definition) is 4. The lowest BCUT2D eigenvalue weighted by Gasteiger charge is -2.43. The summed E-state index contributed by atoms with van der Waals surface area (Å²) in [6.07, 6.45) is 13.3. The van der Waals surface area contributed by atoms with Crippen LogP contribution in [0.5, 0.6) is 17.2 Å². The van der Waals surface area contributed by atoms with Gasteiger partial charge in [-0.2, -0.15) is 0 Å². The predicted molar refractivity (Wildman–Crippen MR) is 167 cm³/mol. The van der Waals surface area contributed by atoms with Crippen LogP contribution in [0.4, 0.5) is 0 Å². The summed E-state index contributed by atoms with van der Waals surface area (Å²) in [4.78, 5) is 11.7. The summed E-state index contributed by atoms with van der Waals surface area (Å²) in [7, 11) is 3.36. The summed E-state index contributed by atoms with van der Waals surface area (Å²) in [5.74, 6) is 2.25. The van der Waals surface area contributed by atoms with E-state index < -0.39 is 5.60 Å². The lowest BCUT2D eigenvalue weighted by Crippen LogP contribution is -2.41. The van der Waals surface area contributed by atoms with Gasteiger partial charge in [-0.05, 0) is 76.6 Å². The number of hydrogen-bond donors (Lipinski definition) is 1. The smallest absolute Gasteiger partial charge is 0.221 e. The lowest BCUT2D eigenvalue weighted by atomic mass is 9.74. The van der Waals surface area contributed by atoms with Gasteiger partial charge in [0.25, 0.3) is 0 Å². The molecule has 0 fully saturated rings. The molecule has 0 spiro atoms. The fraction of sp³-hybridized carbons (Fsp3) is 0.216. The van der Waals surface area contributed by atoms with Gasteiger partial charge in [0.1, 0.15) is 5.75 Å². The SMILES string of the molecule is COc1cc2c3c(c4c(c2cc1OC)CCc1ccccc1-4)OC(c1ccccc1)(C1C=CC(NC(C)=O)=CC1)C=C3. The first kappa shape index (κ1) is 26.1. The maximum absolute atomic E-state index is 11.7. The minimum atomic E-state index is -0.743. The van der Waals surface area contributed by atoms with Gasteiger partial charge in [-0.1, -0.05) is 72.8 Å². The molecule has 5 heteroatoms. The van der Waals surface area contributed by atoms with E-state index in [9.17, 15) is 4.79 Å². The molecule has 0 saturated heterocycles. The number of rotatable bonds is 5. The van der Waals surface area contributed by atoms with Crippen molar-refractivity contribution in [3.63, 3.8) is 0 Å². The number of nitrogens with one attached hydrogen (secondary N) is 1. The van der Waals surface area contributed by atoms with Gasteiger partial charge in [0.2, 0.25) is 5.91 Å². The largest absolute Gasteiger partial charge is 0.493 e. The average Bonchev–Trinajstić information content (AvgIpc) is 3.04. The Morgan fingerprint density at radius 1 is 0.929 bits per heavy atom. The molecule has 0 radical (unpaired) electrons. The third-order valence-electron chi connectivity index (χ3n) is 8.81. The van der Waals surface area contributed by atoms with Crippen LogP contribution in [0.1, 0.15) is 35.6 Å². The quantitative estimate of drug-likeness (QED) is 0.277. The number of methoxy groups -OCH3 is 2. The van der Waals surface area contributed by atoms with Crippen LogP contribution in [-0.2, 0) is 23.2 Å². The molecule has 2 atom stereocenters. The van der Waals surface area contributed by atoms with Crippen LogP contribution in [0.15, 0.2) is 96.7 Å². The Morgan fingerprint density at radius 3 is 2.38 bits per heavy atom. The molecule has 42 heavy (non-hydrogen) atoms. The maximum Gasteiger partial charge on any atom is 0.221 e. The molecule has 2 unspecified atom stereocenters. The molecule has 2 aliphatic carbocycles. The minimum Gasteiger partial charge on any atom is -0.493 e. The van der Waals surface area contributed by atoms with E-state index in [-0.39, 0.29) is 11.8 Å². The molecule has 0 bridgehead atoms. The first-order valence-electron chi connectivity index (χ1n) is 14.4. The second kappa shape index (κ2) is 10.3. The van der Waals surface area contributed by atoms with E-state index in [2.05, 4.69) is 90.3 Å². The average molecular weight is 556 g/mol. The fourth-order valence-corrected chi connectivity index (χ4v) is 6.85. The van der Waals surface area contributed by atoms with E-state index in [0.717, 1.165) is 63.9 Å². The zero-order chi connectivity index (χ0) is 28.8. The number of aryl methyl sites for hydroxylation is 2. The van der Waals surface area contributed by atoms with Crippen LogP contribution in [0.2, 0.25) is 0 Å². The first-order chi connectivity index (χ1) is 20.5. The highest BCUT2D eigenvalue weighted by Crippen LogP contribution is 2.54. The summed E-state index contributed by atoms with van der Waals surface area (Å²) in [6.45, 7) is 1.53. The molecule has 1 heterocycles. The van der Waals surface area contributed by atoms with Crippen LogP contribution < -0.4 is 19.5 Å². The Balaban J connectivity index is 1.48. The molecular weight excluding hydrogens is 522 g/mol. The van der Waals surface area contributed by atoms with Crippen LogP contribution >= 0.6 is 0 Å². The number of fused-ring (bicyclic) bond motifs is 8. The van der Waals surface area contributed by atoms with Crippen molar-refractivity contribution in [2.45, 2.75) is 31.8 Å². The molecule has 1 amide bonds. The highest BCUT2D eigenvalue weighted by molar-refractivity contribution is 6.04. The number of ether oxygens (including phenoxy) is 3. The van der Waals surface area contributed by atoms with Crippen molar-refractivity contribution in [1.82, 2.24) is 5.32 Å². The van der Waals surface area contributed by atoms with Gasteiger partial charge in [-0.15, -0.1) is 0 Å². The van der Waals surface area contributed by atoms with Gasteiger partial charge >= 0.3 is 0 Å². The van der Waals surface area contributed by atoms with Crippen molar-refractivity contribution in [1.29, 1.82) is 0 Å². The highest BCUT2D eigenvalue weighted by Gasteiger charge is 2.43. The van der Waals surface area contributed by atoms with E-state index in [0.29, 0.717) is 5.75 Å². The molecule has 7 rings (SSSR count). The zero-order valence-electron chi connectivity index (χ0n) is 24.1. The number of amides is 1. The van der Waals surface area contributed by atoms with Gasteiger partial charge < -0.3 is 19.5 Å².